The highest BCUT2D eigenvalue weighted by atomic mass is 35.5. The minimum atomic E-state index is -0.549. The highest BCUT2D eigenvalue weighted by Crippen LogP contribution is 2.29. The minimum Gasteiger partial charge on any atom is -0.444 e. The lowest BCUT2D eigenvalue weighted by Gasteiger charge is -2.31. The largest absolute Gasteiger partial charge is 0.444 e. The average molecular weight is 519 g/mol. The van der Waals surface area contributed by atoms with E-state index in [1.165, 1.54) is 18.2 Å². The second kappa shape index (κ2) is 11.8. The van der Waals surface area contributed by atoms with Gasteiger partial charge in [0.1, 0.15) is 17.3 Å². The van der Waals surface area contributed by atoms with Gasteiger partial charge in [-0.2, -0.15) is 5.10 Å². The van der Waals surface area contributed by atoms with E-state index in [9.17, 15) is 9.18 Å². The quantitative estimate of drug-likeness (QED) is 0.332. The van der Waals surface area contributed by atoms with Crippen molar-refractivity contribution >= 4 is 35.4 Å². The monoisotopic (exact) mass is 518 g/mol. The van der Waals surface area contributed by atoms with Gasteiger partial charge in [0.2, 0.25) is 0 Å². The van der Waals surface area contributed by atoms with Crippen molar-refractivity contribution in [3.63, 3.8) is 0 Å². The number of ether oxygens (including phenoxy) is 1. The number of nitrogens with two attached hydrogens (primary N) is 1. The van der Waals surface area contributed by atoms with Gasteiger partial charge in [-0.05, 0) is 65.5 Å². The Bertz CT molecular complexity index is 1090. The first-order valence-electron chi connectivity index (χ1n) is 12.3. The van der Waals surface area contributed by atoms with Crippen LogP contribution in [0.3, 0.4) is 0 Å². The van der Waals surface area contributed by atoms with Gasteiger partial charge in [0, 0.05) is 24.7 Å². The summed E-state index contributed by atoms with van der Waals surface area (Å²) in [7, 11) is 0. The number of hydrazone groups is 1. The van der Waals surface area contributed by atoms with E-state index in [1.54, 1.807) is 6.21 Å². The van der Waals surface area contributed by atoms with Crippen molar-refractivity contribution in [1.82, 2.24) is 15.6 Å². The SMILES string of the molecule is CC/C=C1C(N[C@@H]2CC[C@H](NC(=O)OC(C)(C)C)C2)=C(/C(N)=N/c2cc(F)ccc2Cl)C=NN/1CC. The molecule has 2 aliphatic rings. The summed E-state index contributed by atoms with van der Waals surface area (Å²) >= 11 is 6.22. The topological polar surface area (TPSA) is 104 Å². The molecule has 2 atom stereocenters. The van der Waals surface area contributed by atoms with Crippen molar-refractivity contribution in [2.45, 2.75) is 78.0 Å². The molecule has 36 heavy (non-hydrogen) atoms. The number of amidine groups is 1. The highest BCUT2D eigenvalue weighted by molar-refractivity contribution is 6.33. The third kappa shape index (κ3) is 7.22. The van der Waals surface area contributed by atoms with E-state index in [0.717, 1.165) is 37.1 Å². The maximum atomic E-state index is 13.8. The number of aliphatic imine (C=N–C) groups is 1. The van der Waals surface area contributed by atoms with E-state index in [0.29, 0.717) is 17.1 Å². The molecule has 0 aromatic heterocycles. The third-order valence-electron chi connectivity index (χ3n) is 5.75. The Morgan fingerprint density at radius 3 is 2.72 bits per heavy atom. The summed E-state index contributed by atoms with van der Waals surface area (Å²) in [4.78, 5) is 16.6. The second-order valence-electron chi connectivity index (χ2n) is 9.84. The molecule has 0 bridgehead atoms. The van der Waals surface area contributed by atoms with Crippen LogP contribution in [0.5, 0.6) is 0 Å². The summed E-state index contributed by atoms with van der Waals surface area (Å²) in [5.74, 6) is -0.276. The molecule has 8 nitrogen and oxygen atoms in total. The first-order chi connectivity index (χ1) is 17.0. The number of rotatable bonds is 7. The lowest BCUT2D eigenvalue weighted by atomic mass is 10.1. The van der Waals surface area contributed by atoms with Gasteiger partial charge in [-0.15, -0.1) is 0 Å². The predicted molar refractivity (Wildman–Crippen MR) is 143 cm³/mol. The van der Waals surface area contributed by atoms with Gasteiger partial charge in [-0.3, -0.25) is 5.01 Å². The van der Waals surface area contributed by atoms with Gasteiger partial charge in [0.05, 0.1) is 33.9 Å². The van der Waals surface area contributed by atoms with Crippen molar-refractivity contribution < 1.29 is 13.9 Å². The Morgan fingerprint density at radius 2 is 2.06 bits per heavy atom. The Hall–Kier alpha value is -3.07. The molecule has 196 valence electrons. The van der Waals surface area contributed by atoms with Gasteiger partial charge in [0.25, 0.3) is 0 Å². The van der Waals surface area contributed by atoms with Crippen molar-refractivity contribution in [2.24, 2.45) is 15.8 Å². The van der Waals surface area contributed by atoms with Crippen LogP contribution in [0.1, 0.15) is 60.3 Å². The van der Waals surface area contributed by atoms with E-state index in [-0.39, 0.29) is 23.6 Å². The van der Waals surface area contributed by atoms with Crippen LogP contribution in [0.4, 0.5) is 14.9 Å². The Morgan fingerprint density at radius 1 is 1.33 bits per heavy atom. The molecule has 1 aliphatic heterocycles. The summed E-state index contributed by atoms with van der Waals surface area (Å²) in [6.07, 6.45) is 6.52. The number of benzene rings is 1. The zero-order chi connectivity index (χ0) is 26.5. The minimum absolute atomic E-state index is 0.00310. The Kier molecular flexibility index (Phi) is 9.00. The number of nitrogens with one attached hydrogen (secondary N) is 2. The molecule has 0 radical (unpaired) electrons. The number of amides is 1. The van der Waals surface area contributed by atoms with E-state index >= 15 is 0 Å². The molecule has 4 N–H and O–H groups in total. The molecule has 1 aliphatic carbocycles. The molecule has 0 spiro atoms. The molecule has 0 unspecified atom stereocenters. The number of nitrogens with zero attached hydrogens (tertiary/aromatic N) is 3. The fourth-order valence-electron chi connectivity index (χ4n) is 4.20. The molecule has 1 aromatic carbocycles. The number of halogens is 2. The Balaban J connectivity index is 1.88. The molecule has 1 aromatic rings. The molecule has 0 saturated heterocycles. The molecular formula is C26H36ClFN6O2. The number of hydrogen-bond acceptors (Lipinski definition) is 6. The van der Waals surface area contributed by atoms with Crippen LogP contribution < -0.4 is 16.4 Å². The molecule has 1 saturated carbocycles. The fourth-order valence-corrected chi connectivity index (χ4v) is 4.36. The average Bonchev–Trinajstić information content (AvgIpc) is 3.22. The summed E-state index contributed by atoms with van der Waals surface area (Å²) < 4.78 is 19.2. The van der Waals surface area contributed by atoms with Gasteiger partial charge in [0.15, 0.2) is 0 Å². The van der Waals surface area contributed by atoms with Gasteiger partial charge in [-0.1, -0.05) is 24.6 Å². The maximum Gasteiger partial charge on any atom is 0.407 e. The van der Waals surface area contributed by atoms with Gasteiger partial charge in [-0.25, -0.2) is 14.2 Å². The lowest BCUT2D eigenvalue weighted by Crippen LogP contribution is -2.40. The normalized spacial score (nSPS) is 21.8. The Labute approximate surface area is 217 Å². The van der Waals surface area contributed by atoms with E-state index in [1.807, 2.05) is 32.7 Å². The fraction of sp³-hybridized carbons (Fsp3) is 0.500. The van der Waals surface area contributed by atoms with E-state index in [4.69, 9.17) is 22.1 Å². The molecule has 10 heteroatoms. The molecular weight excluding hydrogens is 483 g/mol. The number of carbonyl (C=O) groups is 1. The van der Waals surface area contributed by atoms with Crippen LogP contribution >= 0.6 is 11.6 Å². The zero-order valence-electron chi connectivity index (χ0n) is 21.6. The molecule has 1 fully saturated rings. The second-order valence-corrected chi connectivity index (χ2v) is 10.2. The smallest absolute Gasteiger partial charge is 0.407 e. The van der Waals surface area contributed by atoms with Crippen molar-refractivity contribution in [3.8, 4) is 0 Å². The van der Waals surface area contributed by atoms with Gasteiger partial charge >= 0.3 is 6.09 Å². The molecule has 1 amide bonds. The molecule has 1 heterocycles. The summed E-state index contributed by atoms with van der Waals surface area (Å²) in [6.45, 7) is 10.3. The maximum absolute atomic E-state index is 13.8. The lowest BCUT2D eigenvalue weighted by molar-refractivity contribution is 0.0505. The number of carbonyl (C=O) groups excluding carboxylic acids is 1. The summed E-state index contributed by atoms with van der Waals surface area (Å²) in [5, 5.41) is 13.3. The van der Waals surface area contributed by atoms with Crippen LogP contribution in [0.2, 0.25) is 5.02 Å². The standard InChI is InChI=1S/C26H36ClFN6O2/c1-6-8-22-23(31-17-10-11-18(14-17)32-25(35)36-26(3,4)5)19(15-30-34(22)7-2)24(29)33-21-13-16(28)9-12-20(21)27/h8-9,12-13,15,17-18,31H,6-7,10-11,14H2,1-5H3,(H2,29,33)(H,32,35)/b22-8-/t17-,18+/m1/s1. The number of likely N-dealkylation sites (N-methyl/N-ethyl adjacent to an activating group) is 1. The first-order valence-corrected chi connectivity index (χ1v) is 12.7. The van der Waals surface area contributed by atoms with Crippen molar-refractivity contribution in [3.05, 3.63) is 52.1 Å². The first kappa shape index (κ1) is 27.5. The number of allylic oxidation sites excluding steroid dienone is 1. The molecule has 3 rings (SSSR count). The van der Waals surface area contributed by atoms with Crippen molar-refractivity contribution in [1.29, 1.82) is 0 Å². The van der Waals surface area contributed by atoms with Gasteiger partial charge < -0.3 is 21.1 Å². The third-order valence-corrected chi connectivity index (χ3v) is 6.07. The predicted octanol–water partition coefficient (Wildman–Crippen LogP) is 5.37. The van der Waals surface area contributed by atoms with Crippen LogP contribution in [0.15, 0.2) is 51.3 Å². The summed E-state index contributed by atoms with van der Waals surface area (Å²) in [6, 6.07) is 4.05. The van der Waals surface area contributed by atoms with E-state index < -0.39 is 17.5 Å². The van der Waals surface area contributed by atoms with E-state index in [2.05, 4.69) is 33.7 Å². The zero-order valence-corrected chi connectivity index (χ0v) is 22.3. The van der Waals surface area contributed by atoms with Crippen LogP contribution in [0, 0.1) is 5.82 Å². The number of hydrogen-bond donors (Lipinski definition) is 3. The highest BCUT2D eigenvalue weighted by Gasteiger charge is 2.31. The van der Waals surface area contributed by atoms with Crippen LogP contribution in [0.25, 0.3) is 0 Å². The van der Waals surface area contributed by atoms with Crippen LogP contribution in [-0.4, -0.2) is 47.4 Å². The van der Waals surface area contributed by atoms with Crippen molar-refractivity contribution in [2.75, 3.05) is 6.54 Å². The summed E-state index contributed by atoms with van der Waals surface area (Å²) in [5.41, 5.74) is 8.41. The van der Waals surface area contributed by atoms with Crippen LogP contribution in [-0.2, 0) is 4.74 Å². The number of alkyl carbamates (subject to hydrolysis) is 1.